The second kappa shape index (κ2) is 7.20. The Kier molecular flexibility index (Phi) is 6.64. The zero-order valence-electron chi connectivity index (χ0n) is 10.0. The van der Waals surface area contributed by atoms with Crippen LogP contribution in [0.2, 0.25) is 0 Å². The number of hydrogen-bond acceptors (Lipinski definition) is 3. The molecule has 108 valence electrons. The van der Waals surface area contributed by atoms with E-state index in [1.165, 1.54) is 18.2 Å². The van der Waals surface area contributed by atoms with Crippen LogP contribution in [0.3, 0.4) is 0 Å². The van der Waals surface area contributed by atoms with Gasteiger partial charge in [0, 0.05) is 0 Å². The van der Waals surface area contributed by atoms with Gasteiger partial charge in [0.25, 0.3) is 0 Å². The van der Waals surface area contributed by atoms with Crippen molar-refractivity contribution in [1.29, 1.82) is 0 Å². The van der Waals surface area contributed by atoms with Crippen molar-refractivity contribution < 1.29 is 22.7 Å². The van der Waals surface area contributed by atoms with E-state index in [2.05, 4.69) is 10.1 Å². The van der Waals surface area contributed by atoms with Gasteiger partial charge in [-0.3, -0.25) is 4.79 Å². The maximum absolute atomic E-state index is 12.1. The van der Waals surface area contributed by atoms with Crippen LogP contribution in [-0.4, -0.2) is 18.3 Å². The molecule has 19 heavy (non-hydrogen) atoms. The number of carbonyl (C=O) groups is 1. The van der Waals surface area contributed by atoms with Crippen LogP contribution in [0.25, 0.3) is 0 Å². The second-order valence-electron chi connectivity index (χ2n) is 3.55. The highest BCUT2D eigenvalue weighted by Gasteiger charge is 2.32. The summed E-state index contributed by atoms with van der Waals surface area (Å²) in [5, 5.41) is 2.29. The lowest BCUT2D eigenvalue weighted by atomic mass is 10.2. The molecule has 0 heterocycles. The number of amides is 1. The van der Waals surface area contributed by atoms with Gasteiger partial charge in [-0.15, -0.1) is 25.6 Å². The van der Waals surface area contributed by atoms with Crippen molar-refractivity contribution in [2.75, 3.05) is 5.32 Å². The topological polar surface area (TPSA) is 64.4 Å². The molecule has 1 amide bonds. The number of nitrogens with one attached hydrogen (secondary N) is 1. The molecule has 1 atom stereocenters. The fraction of sp³-hybridized carbons (Fsp3) is 0.364. The zero-order valence-corrected chi connectivity index (χ0v) is 10.8. The first-order chi connectivity index (χ1) is 8.33. The fourth-order valence-corrected chi connectivity index (χ4v) is 1.19. The van der Waals surface area contributed by atoms with Crippen LogP contribution in [0.5, 0.6) is 5.75 Å². The Morgan fingerprint density at radius 2 is 2.00 bits per heavy atom. The highest BCUT2D eigenvalue weighted by Crippen LogP contribution is 2.29. The number of alkyl halides is 3. The number of nitrogens with two attached hydrogens (primary N) is 1. The molecule has 0 aromatic heterocycles. The highest BCUT2D eigenvalue weighted by molar-refractivity contribution is 5.95. The van der Waals surface area contributed by atoms with E-state index in [1.54, 1.807) is 6.92 Å². The molecule has 1 rings (SSSR count). The summed E-state index contributed by atoms with van der Waals surface area (Å²) in [6.07, 6.45) is -4.43. The third-order valence-corrected chi connectivity index (χ3v) is 2.15. The first-order valence-corrected chi connectivity index (χ1v) is 5.24. The van der Waals surface area contributed by atoms with E-state index in [0.29, 0.717) is 6.42 Å². The quantitative estimate of drug-likeness (QED) is 0.898. The molecule has 0 radical (unpaired) electrons. The minimum absolute atomic E-state index is 0. The summed E-state index contributed by atoms with van der Waals surface area (Å²) in [7, 11) is 0. The van der Waals surface area contributed by atoms with Gasteiger partial charge in [0.05, 0.1) is 11.7 Å². The Labute approximate surface area is 114 Å². The molecule has 4 nitrogen and oxygen atoms in total. The summed E-state index contributed by atoms with van der Waals surface area (Å²) in [5.41, 5.74) is 5.40. The standard InChI is InChI=1S/C11H13F3N2O2.ClH/c1-2-7(15)10(17)16-8-5-3-4-6-9(8)18-11(12,13)14;/h3-7H,2,15H2,1H3,(H,16,17);1H/t7-;/m0./s1. The van der Waals surface area contributed by atoms with Crippen LogP contribution >= 0.6 is 12.4 Å². The van der Waals surface area contributed by atoms with Crippen LogP contribution in [0.4, 0.5) is 18.9 Å². The van der Waals surface area contributed by atoms with Crippen molar-refractivity contribution in [3.63, 3.8) is 0 Å². The molecule has 3 N–H and O–H groups in total. The number of benzene rings is 1. The van der Waals surface area contributed by atoms with Crippen LogP contribution in [0.15, 0.2) is 24.3 Å². The van der Waals surface area contributed by atoms with E-state index >= 15 is 0 Å². The summed E-state index contributed by atoms with van der Waals surface area (Å²) >= 11 is 0. The molecule has 0 fully saturated rings. The Morgan fingerprint density at radius 1 is 1.42 bits per heavy atom. The van der Waals surface area contributed by atoms with Crippen LogP contribution in [0.1, 0.15) is 13.3 Å². The van der Waals surface area contributed by atoms with Gasteiger partial charge >= 0.3 is 6.36 Å². The van der Waals surface area contributed by atoms with Crippen LogP contribution in [0, 0.1) is 0 Å². The average molecular weight is 299 g/mol. The third-order valence-electron chi connectivity index (χ3n) is 2.15. The Morgan fingerprint density at radius 3 is 2.53 bits per heavy atom. The normalized spacial score (nSPS) is 12.3. The van der Waals surface area contributed by atoms with Gasteiger partial charge in [0.1, 0.15) is 0 Å². The summed E-state index contributed by atoms with van der Waals surface area (Å²) < 4.78 is 40.2. The number of ether oxygens (including phenoxy) is 1. The molecule has 0 saturated heterocycles. The number of para-hydroxylation sites is 2. The largest absolute Gasteiger partial charge is 0.573 e. The summed E-state index contributed by atoms with van der Waals surface area (Å²) in [6, 6.07) is 4.50. The number of anilines is 1. The molecule has 1 aromatic carbocycles. The molecule has 1 aromatic rings. The first kappa shape index (κ1) is 17.5. The average Bonchev–Trinajstić information content (AvgIpc) is 2.28. The molecule has 0 unspecified atom stereocenters. The van der Waals surface area contributed by atoms with E-state index in [0.717, 1.165) is 6.07 Å². The second-order valence-corrected chi connectivity index (χ2v) is 3.55. The minimum Gasteiger partial charge on any atom is -0.404 e. The molecular formula is C11H14ClF3N2O2. The number of hydrogen-bond donors (Lipinski definition) is 2. The van der Waals surface area contributed by atoms with Crippen LogP contribution < -0.4 is 15.8 Å². The Balaban J connectivity index is 0.00000324. The van der Waals surface area contributed by atoms with E-state index < -0.39 is 24.1 Å². The van der Waals surface area contributed by atoms with Crippen molar-refractivity contribution in [3.05, 3.63) is 24.3 Å². The monoisotopic (exact) mass is 298 g/mol. The van der Waals surface area contributed by atoms with Crippen LogP contribution in [-0.2, 0) is 4.79 Å². The van der Waals surface area contributed by atoms with Gasteiger partial charge in [0.2, 0.25) is 5.91 Å². The fourth-order valence-electron chi connectivity index (χ4n) is 1.19. The van der Waals surface area contributed by atoms with Gasteiger partial charge in [-0.25, -0.2) is 0 Å². The SMILES string of the molecule is CC[C@H](N)C(=O)Nc1ccccc1OC(F)(F)F.Cl. The molecule has 0 aliphatic heterocycles. The van der Waals surface area contributed by atoms with Gasteiger partial charge in [-0.05, 0) is 18.6 Å². The molecule has 0 aliphatic carbocycles. The Hall–Kier alpha value is -1.47. The van der Waals surface area contributed by atoms with Crippen molar-refractivity contribution >= 4 is 24.0 Å². The highest BCUT2D eigenvalue weighted by atomic mass is 35.5. The molecule has 0 spiro atoms. The van der Waals surface area contributed by atoms with E-state index in [9.17, 15) is 18.0 Å². The van der Waals surface area contributed by atoms with Crippen molar-refractivity contribution in [1.82, 2.24) is 0 Å². The van der Waals surface area contributed by atoms with E-state index in [-0.39, 0.29) is 18.1 Å². The minimum atomic E-state index is -4.81. The zero-order chi connectivity index (χ0) is 13.8. The molecule has 0 saturated carbocycles. The molecule has 8 heteroatoms. The molecule has 0 aliphatic rings. The number of halogens is 4. The smallest absolute Gasteiger partial charge is 0.404 e. The lowest BCUT2D eigenvalue weighted by Crippen LogP contribution is -2.35. The Bertz CT molecular complexity index is 427. The van der Waals surface area contributed by atoms with Gasteiger partial charge in [0.15, 0.2) is 5.75 Å². The summed E-state index contributed by atoms with van der Waals surface area (Å²) in [5.74, 6) is -1.03. The lowest BCUT2D eigenvalue weighted by molar-refractivity contribution is -0.274. The lowest BCUT2D eigenvalue weighted by Gasteiger charge is -2.15. The van der Waals surface area contributed by atoms with E-state index in [1.807, 2.05) is 0 Å². The predicted octanol–water partition coefficient (Wildman–Crippen LogP) is 2.68. The van der Waals surface area contributed by atoms with Gasteiger partial charge in [-0.1, -0.05) is 19.1 Å². The number of carbonyl (C=O) groups excluding carboxylic acids is 1. The maximum atomic E-state index is 12.1. The van der Waals surface area contributed by atoms with Crippen molar-refractivity contribution in [3.8, 4) is 5.75 Å². The van der Waals surface area contributed by atoms with Gasteiger partial charge in [-0.2, -0.15) is 0 Å². The number of rotatable bonds is 4. The predicted molar refractivity (Wildman–Crippen MR) is 67.3 cm³/mol. The summed E-state index contributed by atoms with van der Waals surface area (Å²) in [6.45, 7) is 1.70. The third kappa shape index (κ3) is 5.80. The summed E-state index contributed by atoms with van der Waals surface area (Å²) in [4.78, 5) is 11.5. The maximum Gasteiger partial charge on any atom is 0.573 e. The van der Waals surface area contributed by atoms with Crippen molar-refractivity contribution in [2.45, 2.75) is 25.7 Å². The molecular weight excluding hydrogens is 285 g/mol. The van der Waals surface area contributed by atoms with Gasteiger partial charge < -0.3 is 15.8 Å². The van der Waals surface area contributed by atoms with Crippen molar-refractivity contribution in [2.24, 2.45) is 5.73 Å². The van der Waals surface area contributed by atoms with E-state index in [4.69, 9.17) is 5.73 Å². The first-order valence-electron chi connectivity index (χ1n) is 5.24. The molecule has 0 bridgehead atoms.